The van der Waals surface area contributed by atoms with Gasteiger partial charge in [-0.2, -0.15) is 5.26 Å². The van der Waals surface area contributed by atoms with Gasteiger partial charge in [0.1, 0.15) is 17.7 Å². The summed E-state index contributed by atoms with van der Waals surface area (Å²) < 4.78 is 13.5. The molecule has 11 heteroatoms. The van der Waals surface area contributed by atoms with E-state index in [1.807, 2.05) is 24.3 Å². The Morgan fingerprint density at radius 2 is 1.87 bits per heavy atom. The van der Waals surface area contributed by atoms with Crippen LogP contribution in [0.3, 0.4) is 0 Å². The number of anilines is 4. The summed E-state index contributed by atoms with van der Waals surface area (Å²) in [5.74, 6) is 0.0610. The summed E-state index contributed by atoms with van der Waals surface area (Å²) >= 11 is 0. The lowest BCUT2D eigenvalue weighted by Gasteiger charge is -2.40. The number of hydrogen-bond acceptors (Lipinski definition) is 7. The number of hydrogen-bond donors (Lipinski definition) is 3. The number of urea groups is 1. The van der Waals surface area contributed by atoms with E-state index in [9.17, 15) is 14.0 Å². The van der Waals surface area contributed by atoms with Crippen molar-refractivity contribution in [1.29, 1.82) is 5.26 Å². The Kier molecular flexibility index (Phi) is 10.5. The first-order chi connectivity index (χ1) is 22.2. The van der Waals surface area contributed by atoms with Crippen molar-refractivity contribution in [3.05, 3.63) is 90.4 Å². The van der Waals surface area contributed by atoms with E-state index in [-0.39, 0.29) is 36.4 Å². The SMILES string of the molecule is C=CC(=O)Nc1cc(N(C(=O)NCc2ccc(F)cc2)C2CCC(Nc3ccc(C#N)cn3)CC2)ccc1N1CCN(C)C(C)C1. The number of aromatic nitrogens is 1. The van der Waals surface area contributed by atoms with E-state index in [4.69, 9.17) is 5.26 Å². The zero-order valence-corrected chi connectivity index (χ0v) is 26.4. The summed E-state index contributed by atoms with van der Waals surface area (Å²) in [7, 11) is 2.11. The normalized spacial score (nSPS) is 19.9. The molecule has 0 spiro atoms. The summed E-state index contributed by atoms with van der Waals surface area (Å²) in [4.78, 5) is 37.2. The highest BCUT2D eigenvalue weighted by atomic mass is 19.1. The van der Waals surface area contributed by atoms with E-state index in [2.05, 4.69) is 57.4 Å². The summed E-state index contributed by atoms with van der Waals surface area (Å²) in [6, 6.07) is 17.7. The van der Waals surface area contributed by atoms with Crippen LogP contribution in [0.5, 0.6) is 0 Å². The number of benzene rings is 2. The smallest absolute Gasteiger partial charge is 0.322 e. The number of piperazine rings is 1. The first-order valence-electron chi connectivity index (χ1n) is 15.7. The van der Waals surface area contributed by atoms with Crippen molar-refractivity contribution in [3.63, 3.8) is 0 Å². The van der Waals surface area contributed by atoms with Gasteiger partial charge in [-0.25, -0.2) is 14.2 Å². The van der Waals surface area contributed by atoms with Crippen LogP contribution in [-0.2, 0) is 11.3 Å². The maximum absolute atomic E-state index is 13.9. The van der Waals surface area contributed by atoms with E-state index in [0.717, 1.165) is 56.6 Å². The Labute approximate surface area is 269 Å². The number of nitriles is 1. The van der Waals surface area contributed by atoms with E-state index in [0.29, 0.717) is 28.8 Å². The predicted octanol–water partition coefficient (Wildman–Crippen LogP) is 5.50. The minimum absolute atomic E-state index is 0.0994. The number of pyridine rings is 1. The molecule has 0 radical (unpaired) electrons. The third-order valence-corrected chi connectivity index (χ3v) is 8.88. The highest BCUT2D eigenvalue weighted by Gasteiger charge is 2.31. The molecule has 1 aliphatic carbocycles. The third kappa shape index (κ3) is 8.00. The van der Waals surface area contributed by atoms with Gasteiger partial charge in [-0.15, -0.1) is 0 Å². The van der Waals surface area contributed by atoms with Crippen LogP contribution < -0.4 is 25.8 Å². The van der Waals surface area contributed by atoms with Crippen LogP contribution in [0.4, 0.5) is 32.1 Å². The minimum Gasteiger partial charge on any atom is -0.367 e. The molecule has 2 heterocycles. The van der Waals surface area contributed by atoms with Crippen molar-refractivity contribution in [2.45, 2.75) is 57.3 Å². The number of likely N-dealkylation sites (N-methyl/N-ethyl adjacent to an activating group) is 1. The zero-order valence-electron chi connectivity index (χ0n) is 26.4. The number of carbonyl (C=O) groups excluding carboxylic acids is 2. The van der Waals surface area contributed by atoms with E-state index in [1.54, 1.807) is 29.3 Å². The van der Waals surface area contributed by atoms with Crippen molar-refractivity contribution in [2.24, 2.45) is 0 Å². The molecule has 1 aliphatic heterocycles. The van der Waals surface area contributed by atoms with Gasteiger partial charge in [0.05, 0.1) is 16.9 Å². The fourth-order valence-electron chi connectivity index (χ4n) is 6.09. The quantitative estimate of drug-likeness (QED) is 0.270. The molecule has 3 N–H and O–H groups in total. The Hall–Kier alpha value is -4.95. The largest absolute Gasteiger partial charge is 0.367 e. The molecule has 1 saturated heterocycles. The number of amides is 3. The van der Waals surface area contributed by atoms with Crippen LogP contribution in [-0.4, -0.2) is 66.6 Å². The van der Waals surface area contributed by atoms with Crippen LogP contribution in [0.1, 0.15) is 43.7 Å². The molecule has 3 aromatic rings. The molecule has 2 aromatic carbocycles. The van der Waals surface area contributed by atoms with Gasteiger partial charge in [0.15, 0.2) is 0 Å². The second-order valence-corrected chi connectivity index (χ2v) is 12.0. The molecule has 1 saturated carbocycles. The molecular formula is C35H41FN8O2. The molecule has 3 amide bonds. The molecule has 1 unspecified atom stereocenters. The molecule has 240 valence electrons. The van der Waals surface area contributed by atoms with Gasteiger partial charge in [-0.05, 0) is 93.8 Å². The third-order valence-electron chi connectivity index (χ3n) is 8.88. The second-order valence-electron chi connectivity index (χ2n) is 12.0. The Balaban J connectivity index is 1.39. The molecule has 0 bridgehead atoms. The number of rotatable bonds is 9. The molecule has 1 atom stereocenters. The maximum Gasteiger partial charge on any atom is 0.322 e. The van der Waals surface area contributed by atoms with Gasteiger partial charge in [-0.3, -0.25) is 9.69 Å². The minimum atomic E-state index is -0.331. The standard InChI is InChI=1S/C35H41FN8O2/c1-4-34(45)41-31-19-30(14-15-32(31)43-18-17-42(3)24(2)23-43)44(35(46)39-21-25-5-8-27(36)9-6-25)29-12-10-28(11-13-29)40-33-16-7-26(20-37)22-38-33/h4-9,14-16,19,22,24,28-29H,1,10-13,17-18,21,23H2,2-3H3,(H,38,40)(H,39,46)(H,41,45). The van der Waals surface area contributed by atoms with Crippen LogP contribution in [0, 0.1) is 17.1 Å². The highest BCUT2D eigenvalue weighted by molar-refractivity contribution is 6.02. The van der Waals surface area contributed by atoms with Crippen molar-refractivity contribution < 1.29 is 14.0 Å². The molecule has 10 nitrogen and oxygen atoms in total. The van der Waals surface area contributed by atoms with Crippen LogP contribution in [0.2, 0.25) is 0 Å². The number of nitrogens with zero attached hydrogens (tertiary/aromatic N) is 5. The van der Waals surface area contributed by atoms with E-state index < -0.39 is 0 Å². The van der Waals surface area contributed by atoms with Gasteiger partial charge >= 0.3 is 6.03 Å². The lowest BCUT2D eigenvalue weighted by atomic mass is 9.89. The fourth-order valence-corrected chi connectivity index (χ4v) is 6.09. The Morgan fingerprint density at radius 1 is 1.11 bits per heavy atom. The van der Waals surface area contributed by atoms with Crippen LogP contribution >= 0.6 is 0 Å². The van der Waals surface area contributed by atoms with Crippen molar-refractivity contribution in [2.75, 3.05) is 47.1 Å². The number of halogens is 1. The maximum atomic E-state index is 13.9. The second kappa shape index (κ2) is 14.9. The predicted molar refractivity (Wildman–Crippen MR) is 179 cm³/mol. The van der Waals surface area contributed by atoms with Gasteiger partial charge in [0, 0.05) is 56.2 Å². The summed E-state index contributed by atoms with van der Waals surface area (Å²) in [5, 5.41) is 18.5. The van der Waals surface area contributed by atoms with Crippen molar-refractivity contribution in [3.8, 4) is 6.07 Å². The summed E-state index contributed by atoms with van der Waals surface area (Å²) in [6.07, 6.45) is 5.90. The lowest BCUT2D eigenvalue weighted by Crippen LogP contribution is -2.50. The van der Waals surface area contributed by atoms with Crippen molar-refractivity contribution in [1.82, 2.24) is 15.2 Å². The molecule has 1 aromatic heterocycles. The average Bonchev–Trinajstić information content (AvgIpc) is 3.07. The fraction of sp³-hybridized carbons (Fsp3) is 0.371. The molecule has 2 aliphatic rings. The van der Waals surface area contributed by atoms with Gasteiger partial charge in [0.25, 0.3) is 0 Å². The monoisotopic (exact) mass is 624 g/mol. The highest BCUT2D eigenvalue weighted by Crippen LogP contribution is 2.36. The molecule has 2 fully saturated rings. The van der Waals surface area contributed by atoms with Gasteiger partial charge < -0.3 is 25.8 Å². The van der Waals surface area contributed by atoms with Crippen LogP contribution in [0.15, 0.2) is 73.4 Å². The first-order valence-corrected chi connectivity index (χ1v) is 15.7. The van der Waals surface area contributed by atoms with Crippen molar-refractivity contribution >= 4 is 34.8 Å². The summed E-state index contributed by atoms with van der Waals surface area (Å²) in [6.45, 7) is 8.56. The molecule has 46 heavy (non-hydrogen) atoms. The summed E-state index contributed by atoms with van der Waals surface area (Å²) in [5.41, 5.74) is 3.49. The average molecular weight is 625 g/mol. The molecule has 5 rings (SSSR count). The number of nitrogens with one attached hydrogen (secondary N) is 3. The topological polar surface area (TPSA) is 117 Å². The Morgan fingerprint density at radius 3 is 2.52 bits per heavy atom. The number of carbonyl (C=O) groups is 2. The Bertz CT molecular complexity index is 1560. The van der Waals surface area contributed by atoms with Gasteiger partial charge in [0.2, 0.25) is 5.91 Å². The zero-order chi connectivity index (χ0) is 32.6. The lowest BCUT2D eigenvalue weighted by molar-refractivity contribution is -0.111. The van der Waals surface area contributed by atoms with Crippen LogP contribution in [0.25, 0.3) is 0 Å². The van der Waals surface area contributed by atoms with E-state index >= 15 is 0 Å². The van der Waals surface area contributed by atoms with E-state index in [1.165, 1.54) is 18.2 Å². The first kappa shape index (κ1) is 32.4. The molecular weight excluding hydrogens is 583 g/mol. The van der Waals surface area contributed by atoms with Gasteiger partial charge in [-0.1, -0.05) is 18.7 Å².